The Morgan fingerprint density at radius 3 is 2.90 bits per heavy atom. The Hall–Kier alpha value is -1.08. The zero-order valence-corrected chi connectivity index (χ0v) is 5.70. The Morgan fingerprint density at radius 2 is 2.50 bits per heavy atom. The predicted molar refractivity (Wildman–Crippen MR) is 32.9 cm³/mol. The highest BCUT2D eigenvalue weighted by Gasteiger charge is 2.02. The van der Waals surface area contributed by atoms with Crippen LogP contribution in [0.4, 0.5) is 0 Å². The average molecular weight is 143 g/mol. The zero-order chi connectivity index (χ0) is 7.98. The lowest BCUT2D eigenvalue weighted by Gasteiger charge is -2.03. The monoisotopic (exact) mass is 143 g/mol. The molecule has 56 valence electrons. The lowest BCUT2D eigenvalue weighted by atomic mass is 10.4. The molecule has 1 unspecified atom stereocenters. The fraction of sp³-hybridized carbons (Fsp3) is 0.667. The first kappa shape index (κ1) is 8.92. The molecule has 1 atom stereocenters. The molecule has 0 radical (unpaired) electrons. The van der Waals surface area contributed by atoms with E-state index in [2.05, 4.69) is 4.74 Å². The average Bonchev–Trinajstić information content (AvgIpc) is 1.85. The third-order valence-corrected chi connectivity index (χ3v) is 0.709. The van der Waals surface area contributed by atoms with Gasteiger partial charge in [0.05, 0.1) is 12.2 Å². The largest absolute Gasteiger partial charge is 0.462 e. The highest BCUT2D eigenvalue weighted by molar-refractivity contribution is 5.71. The first-order valence-corrected chi connectivity index (χ1v) is 2.87. The number of hydrogen-bond donors (Lipinski definition) is 1. The van der Waals surface area contributed by atoms with E-state index in [0.29, 0.717) is 0 Å². The fourth-order valence-corrected chi connectivity index (χ4v) is 0.329. The van der Waals surface area contributed by atoms with Gasteiger partial charge in [-0.15, -0.1) is 0 Å². The quantitative estimate of drug-likeness (QED) is 0.556. The van der Waals surface area contributed by atoms with E-state index in [0.717, 1.165) is 0 Å². The van der Waals surface area contributed by atoms with Gasteiger partial charge in [-0.05, 0) is 6.92 Å². The van der Waals surface area contributed by atoms with Crippen LogP contribution < -0.4 is 0 Å². The van der Waals surface area contributed by atoms with Crippen LogP contribution in [0.15, 0.2) is 0 Å². The van der Waals surface area contributed by atoms with Crippen molar-refractivity contribution in [2.45, 2.75) is 19.4 Å². The summed E-state index contributed by atoms with van der Waals surface area (Å²) in [5.74, 6) is -0.594. The number of nitriles is 1. The zero-order valence-electron chi connectivity index (χ0n) is 5.70. The summed E-state index contributed by atoms with van der Waals surface area (Å²) in [7, 11) is 0. The highest BCUT2D eigenvalue weighted by Crippen LogP contribution is 1.87. The molecule has 0 rings (SSSR count). The summed E-state index contributed by atoms with van der Waals surface area (Å²) in [6.45, 7) is 1.46. The maximum absolute atomic E-state index is 10.4. The summed E-state index contributed by atoms with van der Waals surface area (Å²) in [4.78, 5) is 10.4. The number of carbonyl (C=O) groups is 1. The number of ether oxygens (including phenoxy) is 1. The maximum atomic E-state index is 10.4. The molecule has 4 heteroatoms. The molecule has 0 aliphatic carbocycles. The van der Waals surface area contributed by atoms with Crippen LogP contribution in [0.1, 0.15) is 13.3 Å². The van der Waals surface area contributed by atoms with E-state index < -0.39 is 12.1 Å². The fourth-order valence-electron chi connectivity index (χ4n) is 0.329. The molecular formula is C6H9NO3. The molecule has 0 aromatic heterocycles. The number of carbonyl (C=O) groups excluding carboxylic acids is 1. The van der Waals surface area contributed by atoms with Crippen LogP contribution in [-0.2, 0) is 9.53 Å². The van der Waals surface area contributed by atoms with Crippen molar-refractivity contribution in [3.63, 3.8) is 0 Å². The molecule has 0 heterocycles. The third kappa shape index (κ3) is 5.06. The second-order valence-corrected chi connectivity index (χ2v) is 1.87. The van der Waals surface area contributed by atoms with Gasteiger partial charge in [-0.2, -0.15) is 5.26 Å². The summed E-state index contributed by atoms with van der Waals surface area (Å²) in [6, 6.07) is 1.64. The van der Waals surface area contributed by atoms with Gasteiger partial charge in [0.2, 0.25) is 0 Å². The van der Waals surface area contributed by atoms with Gasteiger partial charge in [-0.1, -0.05) is 0 Å². The minimum absolute atomic E-state index is 0.0412. The Bertz CT molecular complexity index is 148. The van der Waals surface area contributed by atoms with Crippen LogP contribution in [-0.4, -0.2) is 23.8 Å². The molecule has 0 amide bonds. The van der Waals surface area contributed by atoms with E-state index >= 15 is 0 Å². The number of esters is 1. The van der Waals surface area contributed by atoms with Gasteiger partial charge >= 0.3 is 5.97 Å². The molecule has 0 saturated carbocycles. The Morgan fingerprint density at radius 1 is 1.90 bits per heavy atom. The van der Waals surface area contributed by atoms with Gasteiger partial charge in [-0.25, -0.2) is 0 Å². The van der Waals surface area contributed by atoms with Crippen LogP contribution in [0.2, 0.25) is 0 Å². The second kappa shape index (κ2) is 4.77. The van der Waals surface area contributed by atoms with E-state index in [1.165, 1.54) is 6.92 Å². The molecule has 0 bridgehead atoms. The number of aliphatic hydroxyl groups is 1. The van der Waals surface area contributed by atoms with Crippen LogP contribution in [0.5, 0.6) is 0 Å². The van der Waals surface area contributed by atoms with Crippen molar-refractivity contribution in [2.75, 3.05) is 6.61 Å². The first-order valence-electron chi connectivity index (χ1n) is 2.87. The first-order chi connectivity index (χ1) is 4.66. The van der Waals surface area contributed by atoms with Crippen molar-refractivity contribution in [3.05, 3.63) is 0 Å². The van der Waals surface area contributed by atoms with Gasteiger partial charge in [-0.3, -0.25) is 4.79 Å². The van der Waals surface area contributed by atoms with Crippen molar-refractivity contribution in [3.8, 4) is 6.07 Å². The lowest BCUT2D eigenvalue weighted by molar-refractivity contribution is -0.145. The smallest absolute Gasteiger partial charge is 0.320 e. The molecule has 0 saturated heterocycles. The number of aliphatic hydroxyl groups excluding tert-OH is 1. The summed E-state index contributed by atoms with van der Waals surface area (Å²) in [5, 5.41) is 16.6. The number of hydrogen-bond acceptors (Lipinski definition) is 4. The van der Waals surface area contributed by atoms with Crippen molar-refractivity contribution in [2.24, 2.45) is 0 Å². The standard InChI is InChI=1S/C6H9NO3/c1-5(8)4-10-6(9)2-3-7/h5,8H,2,4H2,1H3. The maximum Gasteiger partial charge on any atom is 0.320 e. The summed E-state index contributed by atoms with van der Waals surface area (Å²) < 4.78 is 4.43. The van der Waals surface area contributed by atoms with Gasteiger partial charge in [0.25, 0.3) is 0 Å². The highest BCUT2D eigenvalue weighted by atomic mass is 16.5. The van der Waals surface area contributed by atoms with Crippen LogP contribution >= 0.6 is 0 Å². The molecular weight excluding hydrogens is 134 g/mol. The molecule has 10 heavy (non-hydrogen) atoms. The van der Waals surface area contributed by atoms with Crippen molar-refractivity contribution >= 4 is 5.97 Å². The van der Waals surface area contributed by atoms with E-state index in [1.807, 2.05) is 0 Å². The Balaban J connectivity index is 3.33. The third-order valence-electron chi connectivity index (χ3n) is 0.709. The van der Waals surface area contributed by atoms with Gasteiger partial charge in [0.1, 0.15) is 13.0 Å². The Labute approximate surface area is 59.0 Å². The summed E-state index contributed by atoms with van der Waals surface area (Å²) in [5.41, 5.74) is 0. The van der Waals surface area contributed by atoms with Crippen LogP contribution in [0.25, 0.3) is 0 Å². The minimum Gasteiger partial charge on any atom is -0.462 e. The van der Waals surface area contributed by atoms with E-state index in [9.17, 15) is 4.79 Å². The molecule has 0 aliphatic heterocycles. The molecule has 0 aromatic carbocycles. The van der Waals surface area contributed by atoms with Gasteiger partial charge in [0.15, 0.2) is 0 Å². The van der Waals surface area contributed by atoms with E-state index in [1.54, 1.807) is 6.07 Å². The van der Waals surface area contributed by atoms with Crippen LogP contribution in [0, 0.1) is 11.3 Å². The Kier molecular flexibility index (Phi) is 4.25. The van der Waals surface area contributed by atoms with Crippen molar-refractivity contribution < 1.29 is 14.6 Å². The minimum atomic E-state index is -0.664. The molecule has 0 aromatic rings. The van der Waals surface area contributed by atoms with Crippen molar-refractivity contribution in [1.29, 1.82) is 5.26 Å². The van der Waals surface area contributed by atoms with E-state index in [-0.39, 0.29) is 13.0 Å². The second-order valence-electron chi connectivity index (χ2n) is 1.87. The molecule has 0 fully saturated rings. The molecule has 0 aliphatic rings. The lowest BCUT2D eigenvalue weighted by Crippen LogP contribution is -2.14. The van der Waals surface area contributed by atoms with Gasteiger partial charge in [0, 0.05) is 0 Å². The van der Waals surface area contributed by atoms with Gasteiger partial charge < -0.3 is 9.84 Å². The molecule has 4 nitrogen and oxygen atoms in total. The number of nitrogens with zero attached hydrogens (tertiary/aromatic N) is 1. The summed E-state index contributed by atoms with van der Waals surface area (Å²) >= 11 is 0. The SMILES string of the molecule is CC(O)COC(=O)CC#N. The molecule has 1 N–H and O–H groups in total. The molecule has 0 spiro atoms. The normalized spacial score (nSPS) is 11.7. The summed E-state index contributed by atoms with van der Waals surface area (Å²) in [6.07, 6.45) is -0.921. The van der Waals surface area contributed by atoms with E-state index in [4.69, 9.17) is 10.4 Å². The topological polar surface area (TPSA) is 70.3 Å². The number of rotatable bonds is 3. The van der Waals surface area contributed by atoms with Crippen LogP contribution in [0.3, 0.4) is 0 Å². The predicted octanol–water partition coefficient (Wildman–Crippen LogP) is -0.176. The van der Waals surface area contributed by atoms with Crippen molar-refractivity contribution in [1.82, 2.24) is 0 Å².